The molecule has 0 aliphatic heterocycles. The Morgan fingerprint density at radius 1 is 1.14 bits per heavy atom. The fraction of sp³-hybridized carbons (Fsp3) is 0.250. The summed E-state index contributed by atoms with van der Waals surface area (Å²) in [5.41, 5.74) is 1.55. The van der Waals surface area contributed by atoms with Crippen LogP contribution in [-0.4, -0.2) is 14.1 Å². The van der Waals surface area contributed by atoms with E-state index >= 15 is 0 Å². The van der Waals surface area contributed by atoms with Crippen molar-refractivity contribution in [2.75, 3.05) is 19.0 Å². The van der Waals surface area contributed by atoms with E-state index in [9.17, 15) is 8.78 Å². The molecule has 0 radical (unpaired) electrons. The van der Waals surface area contributed by atoms with E-state index in [1.54, 1.807) is 19.0 Å². The predicted octanol–water partition coefficient (Wildman–Crippen LogP) is 4.08. The van der Waals surface area contributed by atoms with Crippen LogP contribution in [0.4, 0.5) is 14.5 Å². The van der Waals surface area contributed by atoms with Gasteiger partial charge in [-0.05, 0) is 36.4 Å². The first-order valence-corrected chi connectivity index (χ1v) is 7.39. The van der Waals surface area contributed by atoms with Crippen LogP contribution in [0.1, 0.15) is 11.1 Å². The summed E-state index contributed by atoms with van der Waals surface area (Å²) in [6, 6.07) is 10.4. The van der Waals surface area contributed by atoms with Gasteiger partial charge in [-0.3, -0.25) is 0 Å². The van der Waals surface area contributed by atoms with E-state index in [2.05, 4.69) is 21.2 Å². The largest absolute Gasteiger partial charge is 0.365 e. The third-order valence-electron chi connectivity index (χ3n) is 3.20. The molecule has 2 nitrogen and oxygen atoms in total. The molecule has 0 aliphatic carbocycles. The molecule has 0 bridgehead atoms. The lowest BCUT2D eigenvalue weighted by Crippen LogP contribution is -2.20. The van der Waals surface area contributed by atoms with Crippen LogP contribution < -0.4 is 10.2 Å². The zero-order chi connectivity index (χ0) is 15.4. The first kappa shape index (κ1) is 15.9. The molecule has 5 heteroatoms. The Labute approximate surface area is 131 Å². The summed E-state index contributed by atoms with van der Waals surface area (Å²) >= 11 is 3.44. The van der Waals surface area contributed by atoms with E-state index in [1.165, 1.54) is 12.1 Å². The second-order valence-electron chi connectivity index (χ2n) is 4.89. The normalized spacial score (nSPS) is 10.7. The second kappa shape index (κ2) is 7.00. The summed E-state index contributed by atoms with van der Waals surface area (Å²) in [6.45, 7) is 0.850. The number of nitrogens with zero attached hydrogens (tertiary/aromatic N) is 1. The van der Waals surface area contributed by atoms with Crippen LogP contribution in [0.5, 0.6) is 0 Å². The van der Waals surface area contributed by atoms with Crippen molar-refractivity contribution in [3.8, 4) is 0 Å². The quantitative estimate of drug-likeness (QED) is 0.869. The molecule has 0 saturated heterocycles. The van der Waals surface area contributed by atoms with Crippen LogP contribution in [0.25, 0.3) is 0 Å². The summed E-state index contributed by atoms with van der Waals surface area (Å²) < 4.78 is 29.3. The third kappa shape index (κ3) is 3.80. The summed E-state index contributed by atoms with van der Waals surface area (Å²) in [5, 5.41) is 2.88. The van der Waals surface area contributed by atoms with Crippen LogP contribution in [0.2, 0.25) is 0 Å². The number of nitrogens with one attached hydrogen (secondary N) is 1. The SMILES string of the molecule is CNCc1cc(F)c(N(C)Cc2ccccc2Br)c(F)c1. The second-order valence-corrected chi connectivity index (χ2v) is 5.74. The molecule has 0 aliphatic rings. The van der Waals surface area contributed by atoms with Gasteiger partial charge in [-0.1, -0.05) is 34.1 Å². The van der Waals surface area contributed by atoms with E-state index < -0.39 is 11.6 Å². The van der Waals surface area contributed by atoms with Gasteiger partial charge in [0, 0.05) is 24.6 Å². The molecule has 0 fully saturated rings. The molecule has 0 heterocycles. The highest BCUT2D eigenvalue weighted by molar-refractivity contribution is 9.10. The summed E-state index contributed by atoms with van der Waals surface area (Å²) in [7, 11) is 3.42. The van der Waals surface area contributed by atoms with Gasteiger partial charge >= 0.3 is 0 Å². The molecule has 1 N–H and O–H groups in total. The maximum Gasteiger partial charge on any atom is 0.149 e. The molecule has 112 valence electrons. The Hall–Kier alpha value is -1.46. The van der Waals surface area contributed by atoms with Crippen LogP contribution in [-0.2, 0) is 13.1 Å². The minimum absolute atomic E-state index is 0.00870. The van der Waals surface area contributed by atoms with E-state index in [4.69, 9.17) is 0 Å². The summed E-state index contributed by atoms with van der Waals surface area (Å²) in [4.78, 5) is 1.58. The average molecular weight is 355 g/mol. The molecule has 21 heavy (non-hydrogen) atoms. The van der Waals surface area contributed by atoms with Crippen molar-refractivity contribution in [1.29, 1.82) is 0 Å². The van der Waals surface area contributed by atoms with Gasteiger partial charge in [0.05, 0.1) is 0 Å². The highest BCUT2D eigenvalue weighted by Gasteiger charge is 2.16. The summed E-state index contributed by atoms with van der Waals surface area (Å²) in [5.74, 6) is -1.09. The topological polar surface area (TPSA) is 15.3 Å². The maximum atomic E-state index is 14.2. The Bertz CT molecular complexity index is 608. The maximum absolute atomic E-state index is 14.2. The first-order chi connectivity index (χ1) is 10.0. The van der Waals surface area contributed by atoms with Gasteiger partial charge in [0.1, 0.15) is 17.3 Å². The Balaban J connectivity index is 2.27. The van der Waals surface area contributed by atoms with Crippen molar-refractivity contribution in [1.82, 2.24) is 5.32 Å². The highest BCUT2D eigenvalue weighted by atomic mass is 79.9. The van der Waals surface area contributed by atoms with Crippen molar-refractivity contribution >= 4 is 21.6 Å². The molecule has 0 amide bonds. The smallest absolute Gasteiger partial charge is 0.149 e. The van der Waals surface area contributed by atoms with Gasteiger partial charge in [0.25, 0.3) is 0 Å². The van der Waals surface area contributed by atoms with E-state index in [0.717, 1.165) is 10.0 Å². The van der Waals surface area contributed by atoms with E-state index in [-0.39, 0.29) is 5.69 Å². The number of benzene rings is 2. The fourth-order valence-corrected chi connectivity index (χ4v) is 2.66. The van der Waals surface area contributed by atoms with Crippen LogP contribution in [0, 0.1) is 11.6 Å². The van der Waals surface area contributed by atoms with Crippen molar-refractivity contribution in [3.05, 3.63) is 63.6 Å². The number of rotatable bonds is 5. The van der Waals surface area contributed by atoms with Gasteiger partial charge in [-0.15, -0.1) is 0 Å². The number of hydrogen-bond acceptors (Lipinski definition) is 2. The third-order valence-corrected chi connectivity index (χ3v) is 3.98. The zero-order valence-corrected chi connectivity index (χ0v) is 13.5. The van der Waals surface area contributed by atoms with Gasteiger partial charge in [0.15, 0.2) is 0 Å². The predicted molar refractivity (Wildman–Crippen MR) is 85.4 cm³/mol. The van der Waals surface area contributed by atoms with Crippen LogP contribution in [0.15, 0.2) is 40.9 Å². The van der Waals surface area contributed by atoms with Gasteiger partial charge in [-0.25, -0.2) is 8.78 Å². The zero-order valence-electron chi connectivity index (χ0n) is 12.0. The molecule has 0 aromatic heterocycles. The molecule has 2 aromatic carbocycles. The lowest BCUT2D eigenvalue weighted by molar-refractivity contribution is 0.571. The molecule has 2 rings (SSSR count). The van der Waals surface area contributed by atoms with Crippen LogP contribution in [0.3, 0.4) is 0 Å². The van der Waals surface area contributed by atoms with Crippen molar-refractivity contribution in [2.24, 2.45) is 0 Å². The Kier molecular flexibility index (Phi) is 5.31. The molecule has 0 unspecified atom stereocenters. The van der Waals surface area contributed by atoms with Crippen molar-refractivity contribution < 1.29 is 8.78 Å². The number of anilines is 1. The molecule has 0 spiro atoms. The standard InChI is InChI=1S/C16H17BrF2N2/c1-20-9-11-7-14(18)16(15(19)8-11)21(2)10-12-5-3-4-6-13(12)17/h3-8,20H,9-10H2,1-2H3. The Morgan fingerprint density at radius 2 is 1.76 bits per heavy atom. The molecule has 2 aromatic rings. The lowest BCUT2D eigenvalue weighted by Gasteiger charge is -2.22. The molecule has 0 atom stereocenters. The van der Waals surface area contributed by atoms with Gasteiger partial charge in [0.2, 0.25) is 0 Å². The fourth-order valence-electron chi connectivity index (χ4n) is 2.25. The minimum atomic E-state index is -0.546. The monoisotopic (exact) mass is 354 g/mol. The van der Waals surface area contributed by atoms with Gasteiger partial charge in [-0.2, -0.15) is 0 Å². The lowest BCUT2D eigenvalue weighted by atomic mass is 10.1. The van der Waals surface area contributed by atoms with E-state index in [1.807, 2.05) is 24.3 Å². The van der Waals surface area contributed by atoms with Crippen molar-refractivity contribution in [2.45, 2.75) is 13.1 Å². The van der Waals surface area contributed by atoms with Crippen LogP contribution >= 0.6 is 15.9 Å². The van der Waals surface area contributed by atoms with Gasteiger partial charge < -0.3 is 10.2 Å². The molecular formula is C16H17BrF2N2. The molecule has 0 saturated carbocycles. The highest BCUT2D eigenvalue weighted by Crippen LogP contribution is 2.27. The number of hydrogen-bond donors (Lipinski definition) is 1. The first-order valence-electron chi connectivity index (χ1n) is 6.60. The average Bonchev–Trinajstić information content (AvgIpc) is 2.41. The summed E-state index contributed by atoms with van der Waals surface area (Å²) in [6.07, 6.45) is 0. The minimum Gasteiger partial charge on any atom is -0.365 e. The van der Waals surface area contributed by atoms with E-state index in [0.29, 0.717) is 18.7 Å². The van der Waals surface area contributed by atoms with Crippen molar-refractivity contribution in [3.63, 3.8) is 0 Å². The molecular weight excluding hydrogens is 338 g/mol. The Morgan fingerprint density at radius 3 is 2.33 bits per heavy atom. The number of halogens is 3.